The van der Waals surface area contributed by atoms with E-state index in [0.29, 0.717) is 10.8 Å². The number of nitrogens with one attached hydrogen (secondary N) is 1. The molecule has 0 saturated carbocycles. The van der Waals surface area contributed by atoms with Crippen LogP contribution >= 0.6 is 11.6 Å². The van der Waals surface area contributed by atoms with Crippen molar-refractivity contribution in [3.05, 3.63) is 28.8 Å². The molecule has 1 aromatic carbocycles. The van der Waals surface area contributed by atoms with Gasteiger partial charge in [0.1, 0.15) is 5.75 Å². The Morgan fingerprint density at radius 2 is 2.00 bits per heavy atom. The van der Waals surface area contributed by atoms with Crippen LogP contribution in [0.25, 0.3) is 0 Å². The number of amides is 1. The molecule has 88 valence electrons. The predicted molar refractivity (Wildman–Crippen MR) is 65.1 cm³/mol. The Labute approximate surface area is 101 Å². The maximum Gasteiger partial charge on any atom is 0.413 e. The highest BCUT2D eigenvalue weighted by Gasteiger charge is 2.16. The Morgan fingerprint density at radius 1 is 1.38 bits per heavy atom. The summed E-state index contributed by atoms with van der Waals surface area (Å²) in [5.74, 6) is 0.481. The highest BCUT2D eigenvalue weighted by atomic mass is 35.5. The number of ether oxygens (including phenoxy) is 1. The first kappa shape index (κ1) is 12.8. The zero-order valence-electron chi connectivity index (χ0n) is 9.93. The molecule has 0 aliphatic carbocycles. The van der Waals surface area contributed by atoms with Crippen molar-refractivity contribution in [1.29, 1.82) is 0 Å². The molecule has 1 aromatic rings. The first-order valence-electron chi connectivity index (χ1n) is 5.05. The van der Waals surface area contributed by atoms with Crippen molar-refractivity contribution in [1.82, 2.24) is 5.32 Å². The lowest BCUT2D eigenvalue weighted by atomic mass is 10.1. The highest BCUT2D eigenvalue weighted by Crippen LogP contribution is 2.25. The third kappa shape index (κ3) is 3.74. The summed E-state index contributed by atoms with van der Waals surface area (Å²) in [6, 6.07) is 5.21. The molecule has 3 nitrogen and oxygen atoms in total. The molecule has 16 heavy (non-hydrogen) atoms. The lowest BCUT2D eigenvalue weighted by Gasteiger charge is -2.20. The molecular weight excluding hydrogens is 226 g/mol. The second-order valence-electron chi connectivity index (χ2n) is 4.63. The Hall–Kier alpha value is -1.22. The topological polar surface area (TPSA) is 38.3 Å². The van der Waals surface area contributed by atoms with Crippen molar-refractivity contribution in [2.45, 2.75) is 33.2 Å². The van der Waals surface area contributed by atoms with Crippen LogP contribution in [0.5, 0.6) is 5.75 Å². The van der Waals surface area contributed by atoms with Gasteiger partial charge >= 0.3 is 6.09 Å². The van der Waals surface area contributed by atoms with Crippen LogP contribution in [0.4, 0.5) is 4.79 Å². The fourth-order valence-corrected chi connectivity index (χ4v) is 1.30. The largest absolute Gasteiger partial charge is 0.413 e. The number of hydrogen-bond donors (Lipinski definition) is 1. The van der Waals surface area contributed by atoms with Crippen LogP contribution in [0.15, 0.2) is 18.2 Å². The van der Waals surface area contributed by atoms with Crippen LogP contribution in [-0.4, -0.2) is 11.6 Å². The van der Waals surface area contributed by atoms with Crippen molar-refractivity contribution in [3.63, 3.8) is 0 Å². The van der Waals surface area contributed by atoms with E-state index in [1.165, 1.54) is 0 Å². The summed E-state index contributed by atoms with van der Waals surface area (Å²) in [6.07, 6.45) is -0.474. The highest BCUT2D eigenvalue weighted by molar-refractivity contribution is 6.31. The first-order valence-corrected chi connectivity index (χ1v) is 5.42. The van der Waals surface area contributed by atoms with Crippen LogP contribution < -0.4 is 10.1 Å². The smallest absolute Gasteiger partial charge is 0.410 e. The standard InChI is InChI=1S/C12H16ClNO2/c1-8-9(13)6-5-7-10(8)16-11(15)14-12(2,3)4/h5-7H,1-4H3,(H,14,15). The second-order valence-corrected chi connectivity index (χ2v) is 5.03. The van der Waals surface area contributed by atoms with E-state index in [2.05, 4.69) is 5.32 Å². The maximum absolute atomic E-state index is 11.5. The lowest BCUT2D eigenvalue weighted by Crippen LogP contribution is -2.42. The monoisotopic (exact) mass is 241 g/mol. The molecule has 0 spiro atoms. The van der Waals surface area contributed by atoms with E-state index in [0.717, 1.165) is 5.56 Å². The van der Waals surface area contributed by atoms with Gasteiger partial charge in [-0.3, -0.25) is 0 Å². The SMILES string of the molecule is Cc1c(Cl)cccc1OC(=O)NC(C)(C)C. The Kier molecular flexibility index (Phi) is 3.81. The first-order chi connectivity index (χ1) is 7.29. The summed E-state index contributed by atoms with van der Waals surface area (Å²) >= 11 is 5.92. The summed E-state index contributed by atoms with van der Waals surface area (Å²) in [7, 11) is 0. The number of rotatable bonds is 1. The van der Waals surface area contributed by atoms with Crippen LogP contribution in [0.2, 0.25) is 5.02 Å². The summed E-state index contributed by atoms with van der Waals surface area (Å²) in [4.78, 5) is 11.5. The zero-order chi connectivity index (χ0) is 12.3. The molecule has 0 aromatic heterocycles. The van der Waals surface area contributed by atoms with Crippen molar-refractivity contribution < 1.29 is 9.53 Å². The molecule has 4 heteroatoms. The van der Waals surface area contributed by atoms with Gasteiger partial charge in [0.25, 0.3) is 0 Å². The van der Waals surface area contributed by atoms with Gasteiger partial charge in [-0.1, -0.05) is 17.7 Å². The van der Waals surface area contributed by atoms with Crippen molar-refractivity contribution in [2.75, 3.05) is 0 Å². The lowest BCUT2D eigenvalue weighted by molar-refractivity contribution is 0.190. The number of benzene rings is 1. The third-order valence-electron chi connectivity index (χ3n) is 1.90. The average Bonchev–Trinajstić information content (AvgIpc) is 2.09. The molecule has 0 aliphatic rings. The van der Waals surface area contributed by atoms with Gasteiger partial charge < -0.3 is 10.1 Å². The Bertz CT molecular complexity index is 396. The second kappa shape index (κ2) is 4.74. The maximum atomic E-state index is 11.5. The molecule has 1 amide bonds. The average molecular weight is 242 g/mol. The predicted octanol–water partition coefficient (Wildman–Crippen LogP) is 3.54. The van der Waals surface area contributed by atoms with Gasteiger partial charge in [0.2, 0.25) is 0 Å². The van der Waals surface area contributed by atoms with Crippen molar-refractivity contribution in [2.24, 2.45) is 0 Å². The summed E-state index contributed by atoms with van der Waals surface area (Å²) in [5.41, 5.74) is 0.442. The van der Waals surface area contributed by atoms with Gasteiger partial charge in [0, 0.05) is 16.1 Å². The van der Waals surface area contributed by atoms with Gasteiger partial charge in [-0.15, -0.1) is 0 Å². The molecule has 0 radical (unpaired) electrons. The molecule has 0 heterocycles. The van der Waals surface area contributed by atoms with Crippen molar-refractivity contribution >= 4 is 17.7 Å². The summed E-state index contributed by atoms with van der Waals surface area (Å²) in [6.45, 7) is 7.47. The summed E-state index contributed by atoms with van der Waals surface area (Å²) < 4.78 is 5.17. The molecule has 0 atom stereocenters. The number of carbonyl (C=O) groups excluding carboxylic acids is 1. The van der Waals surface area contributed by atoms with E-state index in [9.17, 15) is 4.79 Å². The fourth-order valence-electron chi connectivity index (χ4n) is 1.13. The van der Waals surface area contributed by atoms with Crippen molar-refractivity contribution in [3.8, 4) is 5.75 Å². The normalized spacial score (nSPS) is 11.1. The van der Waals surface area contributed by atoms with Gasteiger partial charge in [-0.05, 0) is 39.8 Å². The van der Waals surface area contributed by atoms with E-state index in [1.54, 1.807) is 18.2 Å². The summed E-state index contributed by atoms with van der Waals surface area (Å²) in [5, 5.41) is 3.29. The molecular formula is C12H16ClNO2. The van der Waals surface area contributed by atoms with Gasteiger partial charge in [0.05, 0.1) is 0 Å². The van der Waals surface area contributed by atoms with E-state index < -0.39 is 6.09 Å². The van der Waals surface area contributed by atoms with E-state index in [4.69, 9.17) is 16.3 Å². The molecule has 1 N–H and O–H groups in total. The van der Waals surface area contributed by atoms with E-state index in [1.807, 2.05) is 27.7 Å². The quantitative estimate of drug-likeness (QED) is 0.817. The Morgan fingerprint density at radius 3 is 2.56 bits per heavy atom. The minimum atomic E-state index is -0.474. The van der Waals surface area contributed by atoms with Crippen LogP contribution in [-0.2, 0) is 0 Å². The molecule has 1 rings (SSSR count). The third-order valence-corrected chi connectivity index (χ3v) is 2.31. The van der Waals surface area contributed by atoms with E-state index >= 15 is 0 Å². The fraction of sp³-hybridized carbons (Fsp3) is 0.417. The molecule has 0 unspecified atom stereocenters. The van der Waals surface area contributed by atoms with Crippen LogP contribution in [0, 0.1) is 6.92 Å². The number of halogens is 1. The number of carbonyl (C=O) groups is 1. The minimum Gasteiger partial charge on any atom is -0.410 e. The molecule has 0 bridgehead atoms. The molecule has 0 aliphatic heterocycles. The van der Waals surface area contributed by atoms with Gasteiger partial charge in [0.15, 0.2) is 0 Å². The van der Waals surface area contributed by atoms with Gasteiger partial charge in [-0.25, -0.2) is 4.79 Å². The number of hydrogen-bond acceptors (Lipinski definition) is 2. The Balaban J connectivity index is 2.74. The molecule has 0 fully saturated rings. The van der Waals surface area contributed by atoms with Crippen LogP contribution in [0.1, 0.15) is 26.3 Å². The van der Waals surface area contributed by atoms with E-state index in [-0.39, 0.29) is 5.54 Å². The van der Waals surface area contributed by atoms with Crippen LogP contribution in [0.3, 0.4) is 0 Å². The molecule has 0 saturated heterocycles. The zero-order valence-corrected chi connectivity index (χ0v) is 10.7. The minimum absolute atomic E-state index is 0.316. The van der Waals surface area contributed by atoms with Gasteiger partial charge in [-0.2, -0.15) is 0 Å².